The van der Waals surface area contributed by atoms with E-state index in [1.165, 1.54) is 4.52 Å². The quantitative estimate of drug-likeness (QED) is 0.694. The van der Waals surface area contributed by atoms with Crippen LogP contribution in [0.25, 0.3) is 0 Å². The number of aliphatic hydroxyl groups excluding tert-OH is 1. The molecule has 0 atom stereocenters. The Balaban J connectivity index is 3.17. The fourth-order valence-electron chi connectivity index (χ4n) is 1.85. The second kappa shape index (κ2) is 2.93. The van der Waals surface area contributed by atoms with E-state index >= 15 is 0 Å². The molecule has 80 valence electrons. The van der Waals surface area contributed by atoms with Gasteiger partial charge in [-0.3, -0.25) is 9.59 Å². The average Bonchev–Trinajstić information content (AvgIpc) is 2.59. The maximum Gasteiger partial charge on any atom is 0.277 e. The number of hydrogen-bond acceptors (Lipinski definition) is 3. The van der Waals surface area contributed by atoms with Crippen LogP contribution in [0.15, 0.2) is 9.59 Å². The Hall–Kier alpha value is -1.62. The number of aromatic nitrogens is 2. The first-order valence-corrected chi connectivity index (χ1v) is 4.67. The second-order valence-corrected chi connectivity index (χ2v) is 3.67. The summed E-state index contributed by atoms with van der Waals surface area (Å²) < 4.78 is 2.57. The average molecular weight is 208 g/mol. The molecule has 15 heavy (non-hydrogen) atoms. The first-order valence-electron chi connectivity index (χ1n) is 4.67. The summed E-state index contributed by atoms with van der Waals surface area (Å²) in [5.41, 5.74) is 1.51. The van der Waals surface area contributed by atoms with E-state index in [9.17, 15) is 14.7 Å². The van der Waals surface area contributed by atoms with Crippen molar-refractivity contribution in [2.24, 2.45) is 0 Å². The van der Waals surface area contributed by atoms with Crippen LogP contribution in [0.1, 0.15) is 22.5 Å². The number of hydrogen-bond donors (Lipinski definition) is 1. The van der Waals surface area contributed by atoms with E-state index in [1.807, 2.05) is 0 Å². The van der Waals surface area contributed by atoms with Crippen molar-refractivity contribution in [3.8, 4) is 0 Å². The van der Waals surface area contributed by atoms with Crippen LogP contribution in [0.4, 0.5) is 0 Å². The van der Waals surface area contributed by atoms with Crippen molar-refractivity contribution < 1.29 is 5.11 Å². The molecule has 2 heterocycles. The smallest absolute Gasteiger partial charge is 0.277 e. The third-order valence-corrected chi connectivity index (χ3v) is 2.93. The maximum atomic E-state index is 11.7. The zero-order valence-electron chi connectivity index (χ0n) is 8.87. The van der Waals surface area contributed by atoms with Crippen molar-refractivity contribution in [3.05, 3.63) is 43.2 Å². The van der Waals surface area contributed by atoms with Crippen LogP contribution in [-0.4, -0.2) is 14.1 Å². The van der Waals surface area contributed by atoms with Crippen molar-refractivity contribution in [1.82, 2.24) is 9.03 Å². The van der Waals surface area contributed by atoms with E-state index in [-0.39, 0.29) is 17.7 Å². The molecule has 5 heteroatoms. The van der Waals surface area contributed by atoms with E-state index in [2.05, 4.69) is 0 Å². The molecule has 2 aromatic rings. The Morgan fingerprint density at radius 2 is 1.53 bits per heavy atom. The van der Waals surface area contributed by atoms with Crippen LogP contribution in [0.3, 0.4) is 0 Å². The molecule has 0 amide bonds. The number of aryl methyl sites for hydroxylation is 1. The Kier molecular flexibility index (Phi) is 1.94. The van der Waals surface area contributed by atoms with E-state index < -0.39 is 0 Å². The molecule has 0 fully saturated rings. The number of aliphatic hydroxyl groups is 1. The second-order valence-electron chi connectivity index (χ2n) is 3.67. The molecule has 0 radical (unpaired) electrons. The number of rotatable bonds is 1. The minimum atomic E-state index is -0.347. The molecule has 0 unspecified atom stereocenters. The fraction of sp³-hybridized carbons (Fsp3) is 0.400. The van der Waals surface area contributed by atoms with Gasteiger partial charge in [0, 0.05) is 16.8 Å². The van der Waals surface area contributed by atoms with E-state index in [0.717, 1.165) is 4.52 Å². The van der Waals surface area contributed by atoms with Gasteiger partial charge in [0.15, 0.2) is 0 Å². The molecule has 0 spiro atoms. The van der Waals surface area contributed by atoms with Crippen molar-refractivity contribution in [3.63, 3.8) is 0 Å². The summed E-state index contributed by atoms with van der Waals surface area (Å²) in [7, 11) is 0. The highest BCUT2D eigenvalue weighted by atomic mass is 16.3. The normalized spacial score (nSPS) is 11.5. The van der Waals surface area contributed by atoms with Gasteiger partial charge in [0.1, 0.15) is 0 Å². The highest BCUT2D eigenvalue weighted by Gasteiger charge is 2.19. The van der Waals surface area contributed by atoms with Crippen LogP contribution in [0.2, 0.25) is 0 Å². The summed E-state index contributed by atoms with van der Waals surface area (Å²) in [5, 5.41) is 9.18. The lowest BCUT2D eigenvalue weighted by atomic mass is 10.2. The van der Waals surface area contributed by atoms with Gasteiger partial charge < -0.3 is 5.11 Å². The molecule has 0 bridgehead atoms. The van der Waals surface area contributed by atoms with Crippen molar-refractivity contribution >= 4 is 0 Å². The van der Waals surface area contributed by atoms with Crippen molar-refractivity contribution in [2.75, 3.05) is 0 Å². The number of nitrogens with zero attached hydrogens (tertiary/aromatic N) is 2. The third-order valence-electron chi connectivity index (χ3n) is 2.93. The number of fused-ring (bicyclic) bond motifs is 1. The molecule has 0 aromatic carbocycles. The zero-order chi connectivity index (χ0) is 11.3. The Morgan fingerprint density at radius 3 is 2.07 bits per heavy atom. The van der Waals surface area contributed by atoms with Gasteiger partial charge in [-0.05, 0) is 20.8 Å². The molecule has 1 N–H and O–H groups in total. The van der Waals surface area contributed by atoms with E-state index in [4.69, 9.17) is 0 Å². The fourth-order valence-corrected chi connectivity index (χ4v) is 1.85. The molecule has 0 aliphatic heterocycles. The van der Waals surface area contributed by atoms with Crippen molar-refractivity contribution in [1.29, 1.82) is 0 Å². The first-order chi connectivity index (χ1) is 7.00. The highest BCUT2D eigenvalue weighted by Crippen LogP contribution is 2.08. The van der Waals surface area contributed by atoms with Crippen LogP contribution < -0.4 is 11.1 Å². The molecular weight excluding hydrogens is 196 g/mol. The Bertz CT molecular complexity index is 636. The minimum Gasteiger partial charge on any atom is -0.390 e. The highest BCUT2D eigenvalue weighted by molar-refractivity contribution is 5.26. The lowest BCUT2D eigenvalue weighted by Gasteiger charge is -1.98. The summed E-state index contributed by atoms with van der Waals surface area (Å²) in [5.74, 6) is 0. The summed E-state index contributed by atoms with van der Waals surface area (Å²) in [6.07, 6.45) is 0. The third kappa shape index (κ3) is 1.01. The Morgan fingerprint density at radius 1 is 1.00 bits per heavy atom. The summed E-state index contributed by atoms with van der Waals surface area (Å²) in [4.78, 5) is 23.4. The van der Waals surface area contributed by atoms with Gasteiger partial charge in [0.2, 0.25) is 0 Å². The van der Waals surface area contributed by atoms with Crippen molar-refractivity contribution in [2.45, 2.75) is 27.4 Å². The molecule has 5 nitrogen and oxygen atoms in total. The predicted octanol–water partition coefficient (Wildman–Crippen LogP) is -0.385. The van der Waals surface area contributed by atoms with Crippen LogP contribution in [0, 0.1) is 20.8 Å². The zero-order valence-corrected chi connectivity index (χ0v) is 8.87. The molecule has 2 rings (SSSR count). The van der Waals surface area contributed by atoms with Crippen LogP contribution in [-0.2, 0) is 6.61 Å². The van der Waals surface area contributed by atoms with Gasteiger partial charge in [-0.1, -0.05) is 0 Å². The standard InChI is InChI=1S/C10H12N2O3/c1-5-7(3)11-8(4-13)6(2)10(15)12(11)9(5)14/h13H,4H2,1-3H3. The van der Waals surface area contributed by atoms with E-state index in [0.29, 0.717) is 22.5 Å². The van der Waals surface area contributed by atoms with Crippen LogP contribution >= 0.6 is 0 Å². The molecule has 0 saturated heterocycles. The first kappa shape index (κ1) is 9.92. The monoisotopic (exact) mass is 208 g/mol. The molecule has 0 aliphatic rings. The topological polar surface area (TPSA) is 63.2 Å². The summed E-state index contributed by atoms with van der Waals surface area (Å²) in [6, 6.07) is 0. The largest absolute Gasteiger partial charge is 0.390 e. The Labute approximate surface area is 85.5 Å². The molecule has 2 aromatic heterocycles. The van der Waals surface area contributed by atoms with Gasteiger partial charge >= 0.3 is 0 Å². The lowest BCUT2D eigenvalue weighted by molar-refractivity contribution is 0.272. The SMILES string of the molecule is Cc1c(C)n2c(CO)c(C)c(=O)n2c1=O. The predicted molar refractivity (Wildman–Crippen MR) is 54.7 cm³/mol. The maximum absolute atomic E-state index is 11.7. The van der Waals surface area contributed by atoms with E-state index in [1.54, 1.807) is 20.8 Å². The van der Waals surface area contributed by atoms with Gasteiger partial charge in [-0.25, -0.2) is 4.52 Å². The molecular formula is C10H12N2O3. The lowest BCUT2D eigenvalue weighted by Crippen LogP contribution is -2.23. The van der Waals surface area contributed by atoms with Gasteiger partial charge in [0.25, 0.3) is 11.1 Å². The molecule has 0 aliphatic carbocycles. The summed E-state index contributed by atoms with van der Waals surface area (Å²) >= 11 is 0. The van der Waals surface area contributed by atoms with Gasteiger partial charge in [-0.15, -0.1) is 0 Å². The molecule has 0 saturated carbocycles. The van der Waals surface area contributed by atoms with Gasteiger partial charge in [-0.2, -0.15) is 4.52 Å². The summed E-state index contributed by atoms with van der Waals surface area (Å²) in [6.45, 7) is 4.80. The minimum absolute atomic E-state index is 0.244. The van der Waals surface area contributed by atoms with Crippen LogP contribution in [0.5, 0.6) is 0 Å². The van der Waals surface area contributed by atoms with Gasteiger partial charge in [0.05, 0.1) is 12.3 Å².